The number of nitrogens with one attached hydrogen (secondary N) is 2. The molecule has 0 radical (unpaired) electrons. The fraction of sp³-hybridized carbons (Fsp3) is 0. The van der Waals surface area contributed by atoms with Crippen molar-refractivity contribution in [3.63, 3.8) is 0 Å². The number of hydrazine groups is 1. The molecule has 0 saturated heterocycles. The minimum absolute atomic E-state index is 0.0418. The van der Waals surface area contributed by atoms with Crippen molar-refractivity contribution in [2.45, 2.75) is 0 Å². The number of phenolic OH excluding ortho intramolecular Hbond substituents is 1. The van der Waals surface area contributed by atoms with Gasteiger partial charge in [-0.3, -0.25) is 15.6 Å². The number of phenols is 1. The smallest absolute Gasteiger partial charge is 0.273 e. The lowest BCUT2D eigenvalue weighted by molar-refractivity contribution is 0.0960. The summed E-state index contributed by atoms with van der Waals surface area (Å²) in [6.07, 6.45) is 0. The van der Waals surface area contributed by atoms with Crippen molar-refractivity contribution >= 4 is 11.6 Å². The van der Waals surface area contributed by atoms with E-state index in [2.05, 4.69) is 10.9 Å². The Labute approximate surface area is 98.9 Å². The van der Waals surface area contributed by atoms with Gasteiger partial charge in [0.2, 0.25) is 0 Å². The first-order chi connectivity index (χ1) is 8.27. The zero-order valence-corrected chi connectivity index (χ0v) is 9.05. The second-order valence-corrected chi connectivity index (χ2v) is 3.46. The predicted molar refractivity (Wildman–Crippen MR) is 65.6 cm³/mol. The largest absolute Gasteiger partial charge is 0.507 e. The van der Waals surface area contributed by atoms with Crippen LogP contribution < -0.4 is 10.9 Å². The van der Waals surface area contributed by atoms with Crippen LogP contribution in [0.2, 0.25) is 0 Å². The Morgan fingerprint density at radius 1 is 0.941 bits per heavy atom. The maximum atomic E-state index is 11.7. The topological polar surface area (TPSA) is 61.4 Å². The number of benzene rings is 2. The highest BCUT2D eigenvalue weighted by atomic mass is 16.3. The second kappa shape index (κ2) is 5.03. The van der Waals surface area contributed by atoms with Gasteiger partial charge >= 0.3 is 0 Å². The normalized spacial score (nSPS) is 9.65. The summed E-state index contributed by atoms with van der Waals surface area (Å²) >= 11 is 0. The SMILES string of the molecule is O=C(NNc1ccccc1)c1ccccc1O. The summed E-state index contributed by atoms with van der Waals surface area (Å²) in [5, 5.41) is 9.49. The molecule has 17 heavy (non-hydrogen) atoms. The molecule has 2 rings (SSSR count). The van der Waals surface area contributed by atoms with Crippen molar-refractivity contribution in [1.82, 2.24) is 5.43 Å². The summed E-state index contributed by atoms with van der Waals surface area (Å²) in [7, 11) is 0. The number of amides is 1. The Kier molecular flexibility index (Phi) is 3.25. The molecule has 86 valence electrons. The van der Waals surface area contributed by atoms with Gasteiger partial charge in [-0.1, -0.05) is 30.3 Å². The summed E-state index contributed by atoms with van der Waals surface area (Å²) in [6.45, 7) is 0. The highest BCUT2D eigenvalue weighted by Gasteiger charge is 2.08. The molecule has 0 aliphatic rings. The molecule has 0 bridgehead atoms. The standard InChI is InChI=1S/C13H12N2O2/c16-12-9-5-4-8-11(12)13(17)15-14-10-6-2-1-3-7-10/h1-9,14,16H,(H,15,17). The summed E-state index contributed by atoms with van der Waals surface area (Å²) in [6, 6.07) is 15.6. The molecular formula is C13H12N2O2. The van der Waals surface area contributed by atoms with Crippen LogP contribution in [0.1, 0.15) is 10.4 Å². The Morgan fingerprint density at radius 2 is 1.59 bits per heavy atom. The summed E-state index contributed by atoms with van der Waals surface area (Å²) < 4.78 is 0. The molecule has 0 unspecified atom stereocenters. The first kappa shape index (κ1) is 11.0. The Hall–Kier alpha value is -2.49. The van der Waals surface area contributed by atoms with Gasteiger partial charge in [0.15, 0.2) is 0 Å². The van der Waals surface area contributed by atoms with Crippen LogP contribution in [0.5, 0.6) is 5.75 Å². The minimum atomic E-state index is -0.382. The Morgan fingerprint density at radius 3 is 2.29 bits per heavy atom. The molecule has 0 atom stereocenters. The number of aromatic hydroxyl groups is 1. The molecule has 3 N–H and O–H groups in total. The molecule has 0 fully saturated rings. The lowest BCUT2D eigenvalue weighted by atomic mass is 10.2. The molecule has 2 aromatic carbocycles. The third kappa shape index (κ3) is 2.75. The second-order valence-electron chi connectivity index (χ2n) is 3.46. The van der Waals surface area contributed by atoms with Gasteiger partial charge < -0.3 is 5.11 Å². The van der Waals surface area contributed by atoms with E-state index in [-0.39, 0.29) is 17.2 Å². The van der Waals surface area contributed by atoms with Crippen LogP contribution in [0.3, 0.4) is 0 Å². The molecule has 1 amide bonds. The summed E-state index contributed by atoms with van der Waals surface area (Å²) in [4.78, 5) is 11.7. The van der Waals surface area contributed by atoms with Crippen LogP contribution in [0, 0.1) is 0 Å². The van der Waals surface area contributed by atoms with Crippen molar-refractivity contribution < 1.29 is 9.90 Å². The number of hydrogen-bond acceptors (Lipinski definition) is 3. The van der Waals surface area contributed by atoms with Crippen molar-refractivity contribution in [2.75, 3.05) is 5.43 Å². The third-order valence-electron chi connectivity index (χ3n) is 2.24. The van der Waals surface area contributed by atoms with E-state index in [1.807, 2.05) is 30.3 Å². The molecule has 0 aliphatic heterocycles. The van der Waals surface area contributed by atoms with Gasteiger partial charge in [0.25, 0.3) is 5.91 Å². The molecule has 0 aromatic heterocycles. The first-order valence-corrected chi connectivity index (χ1v) is 5.17. The number of hydrogen-bond donors (Lipinski definition) is 3. The van der Waals surface area contributed by atoms with Crippen molar-refractivity contribution in [3.8, 4) is 5.75 Å². The van der Waals surface area contributed by atoms with E-state index in [0.717, 1.165) is 5.69 Å². The highest BCUT2D eigenvalue weighted by molar-refractivity contribution is 5.97. The summed E-state index contributed by atoms with van der Waals surface area (Å²) in [5.74, 6) is -0.424. The van der Waals surface area contributed by atoms with Crippen molar-refractivity contribution in [1.29, 1.82) is 0 Å². The monoisotopic (exact) mass is 228 g/mol. The highest BCUT2D eigenvalue weighted by Crippen LogP contribution is 2.15. The van der Waals surface area contributed by atoms with E-state index in [9.17, 15) is 9.90 Å². The van der Waals surface area contributed by atoms with Crippen LogP contribution in [0.25, 0.3) is 0 Å². The lowest BCUT2D eigenvalue weighted by Gasteiger charge is -2.08. The van der Waals surface area contributed by atoms with Gasteiger partial charge in [-0.05, 0) is 24.3 Å². The number of anilines is 1. The number of para-hydroxylation sites is 2. The van der Waals surface area contributed by atoms with Crippen molar-refractivity contribution in [3.05, 3.63) is 60.2 Å². The maximum absolute atomic E-state index is 11.7. The molecule has 0 heterocycles. The average Bonchev–Trinajstić information content (AvgIpc) is 2.38. The quantitative estimate of drug-likeness (QED) is 0.705. The molecule has 4 heteroatoms. The molecule has 0 spiro atoms. The van der Waals surface area contributed by atoms with Crippen molar-refractivity contribution in [2.24, 2.45) is 0 Å². The van der Waals surface area contributed by atoms with E-state index >= 15 is 0 Å². The number of carbonyl (C=O) groups excluding carboxylic acids is 1. The third-order valence-corrected chi connectivity index (χ3v) is 2.24. The maximum Gasteiger partial charge on any atom is 0.273 e. The molecule has 4 nitrogen and oxygen atoms in total. The fourth-order valence-corrected chi connectivity index (χ4v) is 1.38. The minimum Gasteiger partial charge on any atom is -0.507 e. The first-order valence-electron chi connectivity index (χ1n) is 5.17. The van der Waals surface area contributed by atoms with Crippen LogP contribution in [0.15, 0.2) is 54.6 Å². The lowest BCUT2D eigenvalue weighted by Crippen LogP contribution is -2.29. The van der Waals surface area contributed by atoms with Gasteiger partial charge in [-0.25, -0.2) is 0 Å². The predicted octanol–water partition coefficient (Wildman–Crippen LogP) is 2.15. The van der Waals surface area contributed by atoms with Crippen LogP contribution in [0.4, 0.5) is 5.69 Å². The Balaban J connectivity index is 2.01. The van der Waals surface area contributed by atoms with Gasteiger partial charge in [0.05, 0.1) is 11.3 Å². The van der Waals surface area contributed by atoms with Crippen LogP contribution in [-0.2, 0) is 0 Å². The van der Waals surface area contributed by atoms with Gasteiger partial charge in [-0.2, -0.15) is 0 Å². The fourth-order valence-electron chi connectivity index (χ4n) is 1.38. The molecule has 2 aromatic rings. The zero-order valence-electron chi connectivity index (χ0n) is 9.05. The zero-order chi connectivity index (χ0) is 12.1. The number of carbonyl (C=O) groups is 1. The average molecular weight is 228 g/mol. The molecular weight excluding hydrogens is 216 g/mol. The Bertz CT molecular complexity index is 512. The van der Waals surface area contributed by atoms with E-state index in [0.29, 0.717) is 0 Å². The van der Waals surface area contributed by atoms with E-state index in [1.165, 1.54) is 6.07 Å². The van der Waals surface area contributed by atoms with Gasteiger partial charge in [-0.15, -0.1) is 0 Å². The number of rotatable bonds is 3. The molecule has 0 aliphatic carbocycles. The van der Waals surface area contributed by atoms with Crippen LogP contribution in [-0.4, -0.2) is 11.0 Å². The van der Waals surface area contributed by atoms with E-state index in [4.69, 9.17) is 0 Å². The van der Waals surface area contributed by atoms with E-state index < -0.39 is 0 Å². The van der Waals surface area contributed by atoms with Gasteiger partial charge in [0.1, 0.15) is 5.75 Å². The molecule has 0 saturated carbocycles. The van der Waals surface area contributed by atoms with Crippen LogP contribution >= 0.6 is 0 Å². The van der Waals surface area contributed by atoms with E-state index in [1.54, 1.807) is 18.2 Å². The van der Waals surface area contributed by atoms with Gasteiger partial charge in [0, 0.05) is 0 Å². The summed E-state index contributed by atoms with van der Waals surface area (Å²) in [5.41, 5.74) is 6.27.